The summed E-state index contributed by atoms with van der Waals surface area (Å²) >= 11 is 3.10. The highest BCUT2D eigenvalue weighted by molar-refractivity contribution is 9.10. The van der Waals surface area contributed by atoms with E-state index >= 15 is 0 Å². The summed E-state index contributed by atoms with van der Waals surface area (Å²) in [6.07, 6.45) is 0. The maximum absolute atomic E-state index is 13.6. The number of carbonyl (C=O) groups is 2. The molecule has 0 aliphatic rings. The van der Waals surface area contributed by atoms with Gasteiger partial charge >= 0.3 is 5.97 Å². The van der Waals surface area contributed by atoms with Crippen molar-refractivity contribution >= 4 is 27.8 Å². The second-order valence-corrected chi connectivity index (χ2v) is 5.37. The summed E-state index contributed by atoms with van der Waals surface area (Å²) in [7, 11) is 0. The summed E-state index contributed by atoms with van der Waals surface area (Å²) in [5.74, 6) is -1.92. The van der Waals surface area contributed by atoms with Gasteiger partial charge in [0, 0.05) is 4.47 Å². The maximum atomic E-state index is 13.6. The second-order valence-electron chi connectivity index (χ2n) is 4.45. The zero-order chi connectivity index (χ0) is 15.9. The summed E-state index contributed by atoms with van der Waals surface area (Å²) < 4.78 is 19.1. The highest BCUT2D eigenvalue weighted by atomic mass is 79.9. The van der Waals surface area contributed by atoms with Crippen molar-refractivity contribution in [1.29, 1.82) is 0 Å². The third-order valence-corrected chi connectivity index (χ3v) is 3.30. The molecular weight excluding hydrogens is 353 g/mol. The molecule has 0 atom stereocenters. The third-order valence-electron chi connectivity index (χ3n) is 2.81. The first kappa shape index (κ1) is 16.2. The van der Waals surface area contributed by atoms with E-state index in [2.05, 4.69) is 21.2 Å². The number of nitrogens with one attached hydrogen (secondary N) is 1. The highest BCUT2D eigenvalue weighted by Crippen LogP contribution is 2.15. The number of ether oxygens (including phenoxy) is 1. The lowest BCUT2D eigenvalue weighted by Crippen LogP contribution is -2.31. The molecule has 0 heterocycles. The van der Waals surface area contributed by atoms with E-state index in [0.29, 0.717) is 4.47 Å². The molecule has 0 radical (unpaired) electrons. The van der Waals surface area contributed by atoms with E-state index in [1.54, 1.807) is 6.07 Å². The van der Waals surface area contributed by atoms with Crippen LogP contribution >= 0.6 is 15.9 Å². The number of esters is 1. The van der Waals surface area contributed by atoms with Gasteiger partial charge in [-0.2, -0.15) is 0 Å². The van der Waals surface area contributed by atoms with Crippen molar-refractivity contribution in [3.05, 3.63) is 69.9 Å². The minimum absolute atomic E-state index is 0.126. The Kier molecular flexibility index (Phi) is 5.66. The van der Waals surface area contributed by atoms with Crippen LogP contribution in [0.5, 0.6) is 0 Å². The lowest BCUT2D eigenvalue weighted by molar-refractivity contribution is -0.143. The molecule has 4 nitrogen and oxygen atoms in total. The SMILES string of the molecule is O=C(CNC(=O)c1ccc(Br)cc1F)OCc1ccccc1. The van der Waals surface area contributed by atoms with Gasteiger partial charge in [-0.3, -0.25) is 9.59 Å². The minimum Gasteiger partial charge on any atom is -0.460 e. The van der Waals surface area contributed by atoms with Crippen LogP contribution in [0.4, 0.5) is 4.39 Å². The van der Waals surface area contributed by atoms with Crippen molar-refractivity contribution < 1.29 is 18.7 Å². The fraction of sp³-hybridized carbons (Fsp3) is 0.125. The Morgan fingerprint density at radius 2 is 1.86 bits per heavy atom. The average molecular weight is 366 g/mol. The molecule has 0 aliphatic heterocycles. The smallest absolute Gasteiger partial charge is 0.325 e. The second kappa shape index (κ2) is 7.70. The van der Waals surface area contributed by atoms with Crippen molar-refractivity contribution in [1.82, 2.24) is 5.32 Å². The van der Waals surface area contributed by atoms with E-state index in [0.717, 1.165) is 5.56 Å². The number of halogens is 2. The topological polar surface area (TPSA) is 55.4 Å². The van der Waals surface area contributed by atoms with E-state index in [4.69, 9.17) is 4.74 Å². The molecule has 0 spiro atoms. The van der Waals surface area contributed by atoms with Gasteiger partial charge in [-0.05, 0) is 23.8 Å². The fourth-order valence-corrected chi connectivity index (χ4v) is 2.04. The number of hydrogen-bond donors (Lipinski definition) is 1. The largest absolute Gasteiger partial charge is 0.460 e. The van der Waals surface area contributed by atoms with Crippen LogP contribution in [0, 0.1) is 5.82 Å². The normalized spacial score (nSPS) is 10.1. The molecule has 6 heteroatoms. The van der Waals surface area contributed by atoms with E-state index < -0.39 is 17.7 Å². The van der Waals surface area contributed by atoms with Crippen LogP contribution in [0.25, 0.3) is 0 Å². The number of hydrogen-bond acceptors (Lipinski definition) is 3. The van der Waals surface area contributed by atoms with Crippen LogP contribution in [-0.2, 0) is 16.1 Å². The number of benzene rings is 2. The summed E-state index contributed by atoms with van der Waals surface area (Å²) in [5.41, 5.74) is 0.722. The Morgan fingerprint density at radius 1 is 1.14 bits per heavy atom. The van der Waals surface area contributed by atoms with Gasteiger partial charge in [0.1, 0.15) is 19.0 Å². The van der Waals surface area contributed by atoms with E-state index in [1.807, 2.05) is 30.3 Å². The molecule has 0 fully saturated rings. The molecule has 2 aromatic rings. The molecule has 0 unspecified atom stereocenters. The van der Waals surface area contributed by atoms with E-state index in [-0.39, 0.29) is 18.7 Å². The van der Waals surface area contributed by atoms with Crippen molar-refractivity contribution in [3.63, 3.8) is 0 Å². The Morgan fingerprint density at radius 3 is 2.55 bits per heavy atom. The van der Waals surface area contributed by atoms with E-state index in [1.165, 1.54) is 12.1 Å². The van der Waals surface area contributed by atoms with Gasteiger partial charge in [-0.15, -0.1) is 0 Å². The summed E-state index contributed by atoms with van der Waals surface area (Å²) in [4.78, 5) is 23.3. The molecular formula is C16H13BrFNO3. The Hall–Kier alpha value is -2.21. The van der Waals surface area contributed by atoms with E-state index in [9.17, 15) is 14.0 Å². The Labute approximate surface area is 135 Å². The minimum atomic E-state index is -0.665. The summed E-state index contributed by atoms with van der Waals surface area (Å²) in [6, 6.07) is 13.2. The van der Waals surface area contributed by atoms with Gasteiger partial charge < -0.3 is 10.1 Å². The first-order chi connectivity index (χ1) is 10.6. The van der Waals surface area contributed by atoms with Crippen LogP contribution in [0.3, 0.4) is 0 Å². The molecule has 1 N–H and O–H groups in total. The number of amides is 1. The third kappa shape index (κ3) is 4.66. The molecule has 1 amide bonds. The monoisotopic (exact) mass is 365 g/mol. The molecule has 0 aromatic heterocycles. The molecule has 0 aliphatic carbocycles. The van der Waals surface area contributed by atoms with Gasteiger partial charge in [0.2, 0.25) is 0 Å². The lowest BCUT2D eigenvalue weighted by Gasteiger charge is -2.07. The number of carbonyl (C=O) groups excluding carboxylic acids is 2. The van der Waals surface area contributed by atoms with Crippen LogP contribution in [-0.4, -0.2) is 18.4 Å². The van der Waals surface area contributed by atoms with Gasteiger partial charge in [-0.25, -0.2) is 4.39 Å². The summed E-state index contributed by atoms with van der Waals surface area (Å²) in [6.45, 7) is -0.191. The van der Waals surface area contributed by atoms with Gasteiger partial charge in [0.25, 0.3) is 5.91 Å². The molecule has 2 aromatic carbocycles. The Balaban J connectivity index is 1.82. The molecule has 0 saturated carbocycles. The first-order valence-corrected chi connectivity index (χ1v) is 7.28. The predicted octanol–water partition coefficient (Wildman–Crippen LogP) is 3.06. The standard InChI is InChI=1S/C16H13BrFNO3/c17-12-6-7-13(14(18)8-12)16(21)19-9-15(20)22-10-11-4-2-1-3-5-11/h1-8H,9-10H2,(H,19,21). The zero-order valence-corrected chi connectivity index (χ0v) is 13.1. The summed E-state index contributed by atoms with van der Waals surface area (Å²) in [5, 5.41) is 2.33. The van der Waals surface area contributed by atoms with Crippen molar-refractivity contribution in [2.75, 3.05) is 6.54 Å². The van der Waals surface area contributed by atoms with Crippen LogP contribution < -0.4 is 5.32 Å². The number of rotatable bonds is 5. The molecule has 0 bridgehead atoms. The molecule has 0 saturated heterocycles. The van der Waals surface area contributed by atoms with Crippen LogP contribution in [0.2, 0.25) is 0 Å². The van der Waals surface area contributed by atoms with Gasteiger partial charge in [-0.1, -0.05) is 46.3 Å². The van der Waals surface area contributed by atoms with Crippen LogP contribution in [0.1, 0.15) is 15.9 Å². The van der Waals surface area contributed by atoms with Crippen molar-refractivity contribution in [3.8, 4) is 0 Å². The van der Waals surface area contributed by atoms with Crippen molar-refractivity contribution in [2.45, 2.75) is 6.61 Å². The first-order valence-electron chi connectivity index (χ1n) is 6.49. The molecule has 2 rings (SSSR count). The van der Waals surface area contributed by atoms with Gasteiger partial charge in [0.05, 0.1) is 5.56 Å². The fourth-order valence-electron chi connectivity index (χ4n) is 1.71. The lowest BCUT2D eigenvalue weighted by atomic mass is 10.2. The molecule has 114 valence electrons. The molecule has 22 heavy (non-hydrogen) atoms. The van der Waals surface area contributed by atoms with Crippen molar-refractivity contribution in [2.24, 2.45) is 0 Å². The predicted molar refractivity (Wildman–Crippen MR) is 82.7 cm³/mol. The quantitative estimate of drug-likeness (QED) is 0.828. The highest BCUT2D eigenvalue weighted by Gasteiger charge is 2.13. The Bertz CT molecular complexity index is 676. The zero-order valence-electron chi connectivity index (χ0n) is 11.5. The average Bonchev–Trinajstić information content (AvgIpc) is 2.51. The van der Waals surface area contributed by atoms with Gasteiger partial charge in [0.15, 0.2) is 0 Å². The maximum Gasteiger partial charge on any atom is 0.325 e. The van der Waals surface area contributed by atoms with Crippen LogP contribution in [0.15, 0.2) is 53.0 Å².